The fraction of sp³-hybridized carbons (Fsp3) is 0.886. The van der Waals surface area contributed by atoms with Gasteiger partial charge in [-0.2, -0.15) is 0 Å². The Morgan fingerprint density at radius 3 is 1.58 bits per heavy atom. The molecule has 2 unspecified atom stereocenters. The first-order valence-corrected chi connectivity index (χ1v) is 19.7. The van der Waals surface area contributed by atoms with E-state index in [-0.39, 0.29) is 38.6 Å². The summed E-state index contributed by atoms with van der Waals surface area (Å²) in [6.07, 6.45) is 29.7. The zero-order valence-corrected chi connectivity index (χ0v) is 29.8. The summed E-state index contributed by atoms with van der Waals surface area (Å²) >= 11 is 0. The van der Waals surface area contributed by atoms with Crippen LogP contribution in [0.2, 0.25) is 0 Å². The van der Waals surface area contributed by atoms with Crippen LogP contribution in [0.3, 0.4) is 0 Å². The van der Waals surface area contributed by atoms with Crippen molar-refractivity contribution in [2.24, 2.45) is 5.73 Å². The Kier molecular flexibility index (Phi) is 31.8. The first-order chi connectivity index (χ1) is 21.8. The van der Waals surface area contributed by atoms with Gasteiger partial charge >= 0.3 is 19.8 Å². The predicted octanol–water partition coefficient (Wildman–Crippen LogP) is 9.49. The summed E-state index contributed by atoms with van der Waals surface area (Å²) in [5.41, 5.74) is 5.31. The second kappa shape index (κ2) is 32.7. The van der Waals surface area contributed by atoms with E-state index < -0.39 is 26.5 Å². The number of phosphoric acid groups is 1. The van der Waals surface area contributed by atoms with E-state index in [1.807, 2.05) is 0 Å². The van der Waals surface area contributed by atoms with Gasteiger partial charge in [0.1, 0.15) is 6.61 Å². The Labute approximate surface area is 275 Å². The fourth-order valence-electron chi connectivity index (χ4n) is 4.92. The third-order valence-electron chi connectivity index (χ3n) is 7.65. The van der Waals surface area contributed by atoms with Crippen LogP contribution in [0.5, 0.6) is 0 Å². The molecule has 0 aromatic heterocycles. The van der Waals surface area contributed by atoms with Crippen molar-refractivity contribution < 1.29 is 37.6 Å². The van der Waals surface area contributed by atoms with Crippen molar-refractivity contribution in [3.63, 3.8) is 0 Å². The van der Waals surface area contributed by atoms with Gasteiger partial charge in [0.2, 0.25) is 0 Å². The molecule has 0 spiro atoms. The number of rotatable bonds is 34. The number of carbonyl (C=O) groups is 2. The minimum atomic E-state index is -4.36. The molecule has 0 rings (SSSR count). The molecular weight excluding hydrogens is 593 g/mol. The first-order valence-electron chi connectivity index (χ1n) is 18.2. The van der Waals surface area contributed by atoms with E-state index in [0.29, 0.717) is 6.42 Å². The summed E-state index contributed by atoms with van der Waals surface area (Å²) in [6, 6.07) is 0. The number of unbranched alkanes of at least 4 members (excludes halogenated alkanes) is 19. The summed E-state index contributed by atoms with van der Waals surface area (Å²) < 4.78 is 32.5. The predicted molar refractivity (Wildman–Crippen MR) is 183 cm³/mol. The number of hydrogen-bond donors (Lipinski definition) is 2. The largest absolute Gasteiger partial charge is 0.472 e. The van der Waals surface area contributed by atoms with Gasteiger partial charge in [0, 0.05) is 19.4 Å². The van der Waals surface area contributed by atoms with Crippen LogP contribution in [0.1, 0.15) is 168 Å². The number of esters is 2. The molecule has 266 valence electrons. The van der Waals surface area contributed by atoms with Crippen LogP contribution in [-0.2, 0) is 32.7 Å². The Morgan fingerprint density at radius 2 is 1.09 bits per heavy atom. The molecule has 0 aromatic rings. The number of allylic oxidation sites excluding steroid dienone is 2. The highest BCUT2D eigenvalue weighted by atomic mass is 31.2. The summed E-state index contributed by atoms with van der Waals surface area (Å²) in [4.78, 5) is 34.5. The van der Waals surface area contributed by atoms with Crippen molar-refractivity contribution in [2.75, 3.05) is 26.4 Å². The van der Waals surface area contributed by atoms with Crippen molar-refractivity contribution in [1.82, 2.24) is 0 Å². The average molecular weight is 662 g/mol. The molecule has 0 aromatic carbocycles. The van der Waals surface area contributed by atoms with Crippen LogP contribution in [0.25, 0.3) is 0 Å². The maximum absolute atomic E-state index is 12.5. The van der Waals surface area contributed by atoms with Gasteiger partial charge in [0.25, 0.3) is 0 Å². The van der Waals surface area contributed by atoms with Crippen LogP contribution < -0.4 is 5.73 Å². The molecule has 0 fully saturated rings. The topological polar surface area (TPSA) is 134 Å². The van der Waals surface area contributed by atoms with E-state index in [4.69, 9.17) is 24.3 Å². The Bertz CT molecular complexity index is 764. The lowest BCUT2D eigenvalue weighted by Gasteiger charge is -2.19. The summed E-state index contributed by atoms with van der Waals surface area (Å²) in [5, 5.41) is 0. The number of phosphoric ester groups is 1. The molecule has 0 aliphatic rings. The Balaban J connectivity index is 4.16. The highest BCUT2D eigenvalue weighted by molar-refractivity contribution is 7.47. The van der Waals surface area contributed by atoms with Crippen molar-refractivity contribution in [1.29, 1.82) is 0 Å². The highest BCUT2D eigenvalue weighted by Gasteiger charge is 2.25. The van der Waals surface area contributed by atoms with Gasteiger partial charge in [0.15, 0.2) is 6.10 Å². The molecule has 0 amide bonds. The van der Waals surface area contributed by atoms with Crippen LogP contribution in [0, 0.1) is 0 Å². The second-order valence-corrected chi connectivity index (χ2v) is 13.5. The SMILES string of the molecule is CCCCCCCC/C=C\CCCCCCCCCC(=O)OC(COC(=O)CCCCCCCCC)COP(=O)(O)OCCN. The molecule has 45 heavy (non-hydrogen) atoms. The lowest BCUT2D eigenvalue weighted by atomic mass is 10.1. The second-order valence-electron chi connectivity index (χ2n) is 12.1. The molecule has 2 atom stereocenters. The molecule has 0 saturated heterocycles. The number of carbonyl (C=O) groups excluding carboxylic acids is 2. The van der Waals surface area contributed by atoms with Crippen molar-refractivity contribution in [2.45, 2.75) is 174 Å². The first kappa shape index (κ1) is 43.8. The summed E-state index contributed by atoms with van der Waals surface area (Å²) in [7, 11) is -4.36. The molecular formula is C35H68NO8P. The molecule has 10 heteroatoms. The molecule has 0 radical (unpaired) electrons. The van der Waals surface area contributed by atoms with E-state index in [0.717, 1.165) is 44.9 Å². The van der Waals surface area contributed by atoms with Crippen molar-refractivity contribution in [3.8, 4) is 0 Å². The summed E-state index contributed by atoms with van der Waals surface area (Å²) in [6.45, 7) is 3.66. The van der Waals surface area contributed by atoms with Gasteiger partial charge in [0.05, 0.1) is 13.2 Å². The number of nitrogens with two attached hydrogens (primary N) is 1. The van der Waals surface area contributed by atoms with Crippen LogP contribution in [-0.4, -0.2) is 49.3 Å². The van der Waals surface area contributed by atoms with Crippen LogP contribution in [0.4, 0.5) is 0 Å². The third-order valence-corrected chi connectivity index (χ3v) is 8.64. The normalized spacial score (nSPS) is 13.6. The lowest BCUT2D eigenvalue weighted by molar-refractivity contribution is -0.161. The summed E-state index contributed by atoms with van der Waals surface area (Å²) in [5.74, 6) is -0.838. The van der Waals surface area contributed by atoms with Gasteiger partial charge in [-0.25, -0.2) is 4.57 Å². The Morgan fingerprint density at radius 1 is 0.644 bits per heavy atom. The zero-order chi connectivity index (χ0) is 33.3. The highest BCUT2D eigenvalue weighted by Crippen LogP contribution is 2.43. The molecule has 0 heterocycles. The minimum Gasteiger partial charge on any atom is -0.462 e. The third kappa shape index (κ3) is 32.5. The molecule has 9 nitrogen and oxygen atoms in total. The smallest absolute Gasteiger partial charge is 0.462 e. The fourth-order valence-corrected chi connectivity index (χ4v) is 5.69. The maximum Gasteiger partial charge on any atom is 0.472 e. The molecule has 3 N–H and O–H groups in total. The van der Waals surface area contributed by atoms with Gasteiger partial charge in [-0.05, 0) is 38.5 Å². The molecule has 0 saturated carbocycles. The van der Waals surface area contributed by atoms with E-state index >= 15 is 0 Å². The van der Waals surface area contributed by atoms with Gasteiger partial charge in [-0.1, -0.05) is 129 Å². The van der Waals surface area contributed by atoms with E-state index in [9.17, 15) is 19.0 Å². The average Bonchev–Trinajstić information content (AvgIpc) is 3.02. The van der Waals surface area contributed by atoms with Crippen LogP contribution in [0.15, 0.2) is 12.2 Å². The van der Waals surface area contributed by atoms with Gasteiger partial charge in [-0.15, -0.1) is 0 Å². The monoisotopic (exact) mass is 661 g/mol. The Hall–Kier alpha value is -1.25. The molecule has 0 aliphatic heterocycles. The van der Waals surface area contributed by atoms with Crippen molar-refractivity contribution >= 4 is 19.8 Å². The minimum absolute atomic E-state index is 0.0548. The molecule has 0 aliphatic carbocycles. The van der Waals surface area contributed by atoms with Gasteiger partial charge in [-0.3, -0.25) is 18.6 Å². The quantitative estimate of drug-likeness (QED) is 0.0299. The number of ether oxygens (including phenoxy) is 2. The number of hydrogen-bond acceptors (Lipinski definition) is 8. The van der Waals surface area contributed by atoms with Gasteiger partial charge < -0.3 is 20.1 Å². The van der Waals surface area contributed by atoms with Crippen LogP contribution >= 0.6 is 7.82 Å². The van der Waals surface area contributed by atoms with E-state index in [1.54, 1.807) is 0 Å². The maximum atomic E-state index is 12.5. The van der Waals surface area contributed by atoms with E-state index in [1.165, 1.54) is 89.9 Å². The zero-order valence-electron chi connectivity index (χ0n) is 28.9. The lowest BCUT2D eigenvalue weighted by Crippen LogP contribution is -2.29. The molecule has 0 bridgehead atoms. The standard InChI is InChI=1S/C35H68NO8P/c1-3-5-7-9-11-12-13-14-15-16-17-18-19-20-22-24-26-28-35(38)44-33(32-43-45(39,40)42-30-29-36)31-41-34(37)27-25-23-21-10-8-6-4-2/h14-15,33H,3-13,16-32,36H2,1-2H3,(H,39,40)/b15-14-. The van der Waals surface area contributed by atoms with E-state index in [2.05, 4.69) is 26.0 Å². The van der Waals surface area contributed by atoms with Crippen molar-refractivity contribution in [3.05, 3.63) is 12.2 Å².